The Balaban J connectivity index is 0.00000306. The predicted octanol–water partition coefficient (Wildman–Crippen LogP) is 5.43. The monoisotopic (exact) mass is 485 g/mol. The molecule has 0 atom stereocenters. The maximum absolute atomic E-state index is 13.6. The molecule has 0 N–H and O–H groups in total. The van der Waals surface area contributed by atoms with Gasteiger partial charge in [0, 0.05) is 18.5 Å². The van der Waals surface area contributed by atoms with Crippen LogP contribution < -0.4 is 10.5 Å². The average molecular weight is 486 g/mol. The maximum atomic E-state index is 13.6. The molecule has 0 unspecified atom stereocenters. The first kappa shape index (κ1) is 24.9. The van der Waals surface area contributed by atoms with Gasteiger partial charge in [0.1, 0.15) is 11.1 Å². The third-order valence-corrected chi connectivity index (χ3v) is 6.73. The third-order valence-electron chi connectivity index (χ3n) is 5.70. The Hall–Kier alpha value is -2.74. The van der Waals surface area contributed by atoms with Crippen LogP contribution in [-0.4, -0.2) is 42.0 Å². The highest BCUT2D eigenvalue weighted by Gasteiger charge is 2.25. The van der Waals surface area contributed by atoms with Gasteiger partial charge in [0.15, 0.2) is 5.13 Å². The van der Waals surface area contributed by atoms with E-state index in [4.69, 9.17) is 9.40 Å². The fraction of sp³-hybridized carbons (Fsp3) is 0.320. The molecule has 2 aromatic heterocycles. The van der Waals surface area contributed by atoms with E-state index in [2.05, 4.69) is 37.8 Å². The van der Waals surface area contributed by atoms with Gasteiger partial charge < -0.3 is 9.32 Å². The minimum atomic E-state index is -0.630. The van der Waals surface area contributed by atoms with Crippen molar-refractivity contribution in [3.63, 3.8) is 0 Å². The van der Waals surface area contributed by atoms with E-state index in [0.717, 1.165) is 39.8 Å². The number of nitrogens with zero attached hydrogens (tertiary/aromatic N) is 3. The van der Waals surface area contributed by atoms with Gasteiger partial charge in [-0.1, -0.05) is 49.4 Å². The molecule has 0 saturated carbocycles. The Labute approximate surface area is 203 Å². The van der Waals surface area contributed by atoms with E-state index in [1.54, 1.807) is 23.1 Å². The van der Waals surface area contributed by atoms with Crippen molar-refractivity contribution in [2.24, 2.45) is 0 Å². The lowest BCUT2D eigenvalue weighted by atomic mass is 10.1. The summed E-state index contributed by atoms with van der Waals surface area (Å²) in [7, 11) is 0. The van der Waals surface area contributed by atoms with Crippen molar-refractivity contribution in [3.05, 3.63) is 69.6 Å². The van der Waals surface area contributed by atoms with Crippen LogP contribution in [-0.2, 0) is 0 Å². The van der Waals surface area contributed by atoms with Gasteiger partial charge in [0.05, 0.1) is 10.2 Å². The molecule has 4 aromatic rings. The van der Waals surface area contributed by atoms with Crippen molar-refractivity contribution >= 4 is 56.0 Å². The second kappa shape index (κ2) is 10.5. The van der Waals surface area contributed by atoms with Crippen molar-refractivity contribution in [1.29, 1.82) is 0 Å². The number of rotatable bonds is 7. The first-order valence-electron chi connectivity index (χ1n) is 10.9. The summed E-state index contributed by atoms with van der Waals surface area (Å²) in [5.74, 6) is -0.384. The fourth-order valence-electron chi connectivity index (χ4n) is 3.90. The Morgan fingerprint density at radius 1 is 1.06 bits per heavy atom. The molecule has 0 aliphatic rings. The van der Waals surface area contributed by atoms with E-state index < -0.39 is 5.63 Å². The fourth-order valence-corrected chi connectivity index (χ4v) is 5.06. The molecule has 0 spiro atoms. The Morgan fingerprint density at radius 3 is 2.52 bits per heavy atom. The SMILES string of the molecule is CCN(CC)CCN(C(=O)c1cc2ccccc2oc1=O)c1nc2c(C)cc(C)cc2s1.Cl. The number of hydrogen-bond donors (Lipinski definition) is 0. The molecule has 2 heterocycles. The molecule has 33 heavy (non-hydrogen) atoms. The summed E-state index contributed by atoms with van der Waals surface area (Å²) in [6.45, 7) is 11.2. The summed E-state index contributed by atoms with van der Waals surface area (Å²) >= 11 is 1.48. The van der Waals surface area contributed by atoms with Crippen LogP contribution in [0.1, 0.15) is 35.3 Å². The number of aromatic nitrogens is 1. The molecule has 6 nitrogen and oxygen atoms in total. The summed E-state index contributed by atoms with van der Waals surface area (Å²) in [4.78, 5) is 35.0. The van der Waals surface area contributed by atoms with Crippen LogP contribution >= 0.6 is 23.7 Å². The molecular formula is C25H28ClN3O3S. The van der Waals surface area contributed by atoms with Gasteiger partial charge in [-0.2, -0.15) is 0 Å². The van der Waals surface area contributed by atoms with Gasteiger partial charge in [-0.3, -0.25) is 9.69 Å². The summed E-state index contributed by atoms with van der Waals surface area (Å²) in [6, 6.07) is 13.0. The van der Waals surface area contributed by atoms with Crippen LogP contribution in [0.2, 0.25) is 0 Å². The second-order valence-corrected chi connectivity index (χ2v) is 8.90. The third kappa shape index (κ3) is 5.11. The van der Waals surface area contributed by atoms with Crippen molar-refractivity contribution in [3.8, 4) is 0 Å². The van der Waals surface area contributed by atoms with E-state index in [1.807, 2.05) is 19.1 Å². The lowest BCUT2D eigenvalue weighted by Crippen LogP contribution is -2.40. The van der Waals surface area contributed by atoms with Crippen molar-refractivity contribution < 1.29 is 9.21 Å². The summed E-state index contributed by atoms with van der Waals surface area (Å²) < 4.78 is 6.46. The first-order chi connectivity index (χ1) is 15.4. The molecule has 0 bridgehead atoms. The number of thiazole rings is 1. The Bertz CT molecular complexity index is 1340. The van der Waals surface area contributed by atoms with E-state index in [9.17, 15) is 9.59 Å². The number of aryl methyl sites for hydroxylation is 2. The number of amides is 1. The predicted molar refractivity (Wildman–Crippen MR) is 138 cm³/mol. The first-order valence-corrected chi connectivity index (χ1v) is 11.7. The van der Waals surface area contributed by atoms with E-state index in [-0.39, 0.29) is 23.9 Å². The van der Waals surface area contributed by atoms with Crippen molar-refractivity contribution in [2.75, 3.05) is 31.1 Å². The van der Waals surface area contributed by atoms with E-state index >= 15 is 0 Å². The molecule has 0 aliphatic carbocycles. The van der Waals surface area contributed by atoms with Gasteiger partial charge >= 0.3 is 5.63 Å². The highest BCUT2D eigenvalue weighted by Crippen LogP contribution is 2.32. The molecule has 1 amide bonds. The molecule has 2 aromatic carbocycles. The zero-order valence-electron chi connectivity index (χ0n) is 19.3. The van der Waals surface area contributed by atoms with Gasteiger partial charge in [0.25, 0.3) is 5.91 Å². The summed E-state index contributed by atoms with van der Waals surface area (Å²) in [6.07, 6.45) is 0. The number of benzene rings is 2. The minimum absolute atomic E-state index is 0. The number of carbonyl (C=O) groups is 1. The quantitative estimate of drug-likeness (QED) is 0.326. The van der Waals surface area contributed by atoms with Gasteiger partial charge in [-0.15, -0.1) is 12.4 Å². The van der Waals surface area contributed by atoms with Crippen LogP contribution in [0, 0.1) is 13.8 Å². The molecule has 174 valence electrons. The van der Waals surface area contributed by atoms with Gasteiger partial charge in [-0.05, 0) is 56.3 Å². The number of para-hydroxylation sites is 1. The lowest BCUT2D eigenvalue weighted by molar-refractivity contribution is 0.0980. The number of hydrogen-bond acceptors (Lipinski definition) is 6. The van der Waals surface area contributed by atoms with Gasteiger partial charge in [-0.25, -0.2) is 9.78 Å². The van der Waals surface area contributed by atoms with Crippen molar-refractivity contribution in [1.82, 2.24) is 9.88 Å². The smallest absolute Gasteiger partial charge is 0.349 e. The van der Waals surface area contributed by atoms with Crippen LogP contribution in [0.25, 0.3) is 21.2 Å². The number of anilines is 1. The molecule has 8 heteroatoms. The van der Waals surface area contributed by atoms with Crippen LogP contribution in [0.15, 0.2) is 51.7 Å². The number of fused-ring (bicyclic) bond motifs is 2. The lowest BCUT2D eigenvalue weighted by Gasteiger charge is -2.24. The summed E-state index contributed by atoms with van der Waals surface area (Å²) in [5, 5.41) is 1.31. The Kier molecular flexibility index (Phi) is 7.89. The molecule has 0 saturated heterocycles. The second-order valence-electron chi connectivity index (χ2n) is 7.89. The Morgan fingerprint density at radius 2 is 1.79 bits per heavy atom. The van der Waals surface area contributed by atoms with Gasteiger partial charge in [0.2, 0.25) is 0 Å². The van der Waals surface area contributed by atoms with Crippen LogP contribution in [0.4, 0.5) is 5.13 Å². The number of likely N-dealkylation sites (N-methyl/N-ethyl adjacent to an activating group) is 1. The topological polar surface area (TPSA) is 66.7 Å². The maximum Gasteiger partial charge on any atom is 0.349 e. The highest BCUT2D eigenvalue weighted by molar-refractivity contribution is 7.22. The number of carbonyl (C=O) groups excluding carboxylic acids is 1. The zero-order valence-corrected chi connectivity index (χ0v) is 20.9. The highest BCUT2D eigenvalue weighted by atomic mass is 35.5. The number of halogens is 1. The van der Waals surface area contributed by atoms with Crippen LogP contribution in [0.5, 0.6) is 0 Å². The summed E-state index contributed by atoms with van der Waals surface area (Å²) in [5.41, 5.74) is 2.98. The minimum Gasteiger partial charge on any atom is -0.422 e. The molecule has 0 aliphatic heterocycles. The molecule has 0 radical (unpaired) electrons. The zero-order chi connectivity index (χ0) is 22.8. The van der Waals surface area contributed by atoms with E-state index in [1.165, 1.54) is 11.3 Å². The molecule has 4 rings (SSSR count). The van der Waals surface area contributed by atoms with Crippen molar-refractivity contribution in [2.45, 2.75) is 27.7 Å². The normalized spacial score (nSPS) is 11.2. The average Bonchev–Trinajstić information content (AvgIpc) is 3.20. The van der Waals surface area contributed by atoms with E-state index in [0.29, 0.717) is 23.8 Å². The molecule has 0 fully saturated rings. The van der Waals surface area contributed by atoms with Crippen LogP contribution in [0.3, 0.4) is 0 Å². The standard InChI is InChI=1S/C25H27N3O3S.ClH/c1-5-27(6-2)11-12-28(25-26-22-17(4)13-16(3)14-21(22)32-25)23(29)19-15-18-9-7-8-10-20(18)31-24(19)30;/h7-10,13-15H,5-6,11-12H2,1-4H3;1H. The molecular weight excluding hydrogens is 458 g/mol. The largest absolute Gasteiger partial charge is 0.422 e.